The summed E-state index contributed by atoms with van der Waals surface area (Å²) in [4.78, 5) is 26.0. The molecule has 5 rings (SSSR count). The van der Waals surface area contributed by atoms with E-state index in [2.05, 4.69) is 61.5 Å². The minimum absolute atomic E-state index is 0.0514. The van der Waals surface area contributed by atoms with Crippen molar-refractivity contribution in [1.29, 1.82) is 0 Å². The molecule has 0 heterocycles. The number of ketones is 1. The van der Waals surface area contributed by atoms with Gasteiger partial charge in [0.05, 0.1) is 5.41 Å². The van der Waals surface area contributed by atoms with Crippen molar-refractivity contribution in [3.8, 4) is 0 Å². The van der Waals surface area contributed by atoms with Crippen molar-refractivity contribution in [3.63, 3.8) is 0 Å². The molecule has 3 heteroatoms. The Labute approximate surface area is 207 Å². The van der Waals surface area contributed by atoms with Crippen LogP contribution in [0, 0.1) is 56.2 Å². The number of carboxylic acids is 1. The monoisotopic (exact) mass is 468 g/mol. The fourth-order valence-corrected chi connectivity index (χ4v) is 11.0. The third-order valence-electron chi connectivity index (χ3n) is 13.0. The lowest BCUT2D eigenvalue weighted by Crippen LogP contribution is -2.65. The molecular weight excluding hydrogens is 420 g/mol. The highest BCUT2D eigenvalue weighted by Crippen LogP contribution is 2.75. The summed E-state index contributed by atoms with van der Waals surface area (Å²) in [6, 6.07) is 0. The maximum atomic E-state index is 13.2. The number of hydrogen-bond acceptors (Lipinski definition) is 2. The normalized spacial score (nSPS) is 51.3. The van der Waals surface area contributed by atoms with E-state index in [0.29, 0.717) is 17.6 Å². The quantitative estimate of drug-likeness (QED) is 0.401. The Morgan fingerprint density at radius 1 is 0.912 bits per heavy atom. The average Bonchev–Trinajstić information content (AvgIpc) is 2.72. The van der Waals surface area contributed by atoms with Crippen molar-refractivity contribution >= 4 is 11.8 Å². The van der Waals surface area contributed by atoms with Gasteiger partial charge in [-0.05, 0) is 97.2 Å². The number of carbonyl (C=O) groups excluding carboxylic acids is 1. The van der Waals surface area contributed by atoms with E-state index in [9.17, 15) is 14.7 Å². The van der Waals surface area contributed by atoms with Gasteiger partial charge in [-0.15, -0.1) is 0 Å². The minimum atomic E-state index is -0.571. The van der Waals surface area contributed by atoms with E-state index in [1.807, 2.05) is 0 Å². The topological polar surface area (TPSA) is 54.4 Å². The predicted octanol–water partition coefficient (Wildman–Crippen LogP) is 7.69. The molecule has 0 radical (unpaired) electrons. The van der Waals surface area contributed by atoms with Gasteiger partial charge in [-0.2, -0.15) is 0 Å². The number of Topliss-reactive ketones (excluding diaryl/α,β-unsaturated/α-hetero) is 1. The van der Waals surface area contributed by atoms with Crippen LogP contribution in [-0.4, -0.2) is 16.9 Å². The van der Waals surface area contributed by atoms with Crippen LogP contribution >= 0.6 is 0 Å². The summed E-state index contributed by atoms with van der Waals surface area (Å²) in [7, 11) is 0. The van der Waals surface area contributed by atoms with Gasteiger partial charge in [-0.3, -0.25) is 9.59 Å². The van der Waals surface area contributed by atoms with E-state index in [1.165, 1.54) is 5.57 Å². The van der Waals surface area contributed by atoms with Gasteiger partial charge in [0.25, 0.3) is 0 Å². The Bertz CT molecular complexity index is 958. The fourth-order valence-electron chi connectivity index (χ4n) is 11.0. The molecule has 1 N–H and O–H groups in total. The Hall–Kier alpha value is -1.12. The highest BCUT2D eigenvalue weighted by atomic mass is 16.4. The third kappa shape index (κ3) is 2.82. The van der Waals surface area contributed by atoms with E-state index in [4.69, 9.17) is 0 Å². The highest BCUT2D eigenvalue weighted by molar-refractivity contribution is 5.87. The first kappa shape index (κ1) is 24.6. The fraction of sp³-hybridized carbons (Fsp3) is 0.871. The lowest BCUT2D eigenvalue weighted by Gasteiger charge is -2.71. The van der Waals surface area contributed by atoms with E-state index in [0.717, 1.165) is 57.8 Å². The van der Waals surface area contributed by atoms with Crippen LogP contribution in [0.3, 0.4) is 0 Å². The zero-order valence-corrected chi connectivity index (χ0v) is 23.0. The van der Waals surface area contributed by atoms with E-state index < -0.39 is 11.4 Å². The first-order valence-electron chi connectivity index (χ1n) is 14.0. The zero-order chi connectivity index (χ0) is 25.1. The van der Waals surface area contributed by atoms with Crippen molar-refractivity contribution in [1.82, 2.24) is 0 Å². The standard InChI is InChI=1S/C31H48O3/c1-19-17-28(6)22(27(4,5)24(19)32)11-12-30(8)23(28)10-9-20-21-18-26(2,3)13-15-31(21,25(33)34)16-14-29(20,30)7/h9,19,21-23H,10-18H2,1-8H3,(H,33,34)/t19-,21+,22+,23-,28+,29-,30-,31+/m1/s1. The number of carboxylic acid groups (broad SMARTS) is 1. The number of carbonyl (C=O) groups is 2. The first-order chi connectivity index (χ1) is 15.6. The molecule has 0 amide bonds. The number of aliphatic carboxylic acids is 1. The van der Waals surface area contributed by atoms with Crippen molar-refractivity contribution in [2.45, 2.75) is 113 Å². The lowest BCUT2D eigenvalue weighted by atomic mass is 9.33. The van der Waals surface area contributed by atoms with Gasteiger partial charge in [0.2, 0.25) is 0 Å². The van der Waals surface area contributed by atoms with E-state index in [1.54, 1.807) is 0 Å². The first-order valence-corrected chi connectivity index (χ1v) is 14.0. The van der Waals surface area contributed by atoms with Gasteiger partial charge in [0, 0.05) is 11.3 Å². The number of fused-ring (bicyclic) bond motifs is 7. The summed E-state index contributed by atoms with van der Waals surface area (Å²) in [5, 5.41) is 10.5. The Morgan fingerprint density at radius 3 is 2.21 bits per heavy atom. The van der Waals surface area contributed by atoms with Crippen molar-refractivity contribution in [2.24, 2.45) is 56.2 Å². The van der Waals surface area contributed by atoms with Crippen LogP contribution in [0.1, 0.15) is 113 Å². The molecule has 3 nitrogen and oxygen atoms in total. The van der Waals surface area contributed by atoms with Gasteiger partial charge < -0.3 is 5.11 Å². The zero-order valence-electron chi connectivity index (χ0n) is 23.0. The van der Waals surface area contributed by atoms with Crippen LogP contribution in [0.2, 0.25) is 0 Å². The smallest absolute Gasteiger partial charge is 0.310 e. The maximum Gasteiger partial charge on any atom is 0.310 e. The van der Waals surface area contributed by atoms with Crippen LogP contribution in [0.25, 0.3) is 0 Å². The second-order valence-electron chi connectivity index (χ2n) is 15.4. The molecule has 0 bridgehead atoms. The van der Waals surface area contributed by atoms with Crippen LogP contribution < -0.4 is 0 Å². The third-order valence-corrected chi connectivity index (χ3v) is 13.0. The van der Waals surface area contributed by atoms with Gasteiger partial charge in [-0.1, -0.05) is 67.0 Å². The molecule has 4 saturated carbocycles. The molecule has 4 fully saturated rings. The predicted molar refractivity (Wildman–Crippen MR) is 136 cm³/mol. The average molecular weight is 469 g/mol. The highest BCUT2D eigenvalue weighted by Gasteiger charge is 2.69. The lowest BCUT2D eigenvalue weighted by molar-refractivity contribution is -0.194. The van der Waals surface area contributed by atoms with Crippen molar-refractivity contribution < 1.29 is 14.7 Å². The number of allylic oxidation sites excluding steroid dienone is 2. The molecule has 0 aromatic heterocycles. The number of rotatable bonds is 1. The summed E-state index contributed by atoms with van der Waals surface area (Å²) < 4.78 is 0. The van der Waals surface area contributed by atoms with E-state index in [-0.39, 0.29) is 38.9 Å². The summed E-state index contributed by atoms with van der Waals surface area (Å²) in [5.41, 5.74) is 1.24. The van der Waals surface area contributed by atoms with Gasteiger partial charge in [0.15, 0.2) is 0 Å². The Balaban J connectivity index is 1.61. The minimum Gasteiger partial charge on any atom is -0.481 e. The summed E-state index contributed by atoms with van der Waals surface area (Å²) in [6.45, 7) is 18.9. The molecule has 0 aromatic rings. The SMILES string of the molecule is C[C@@H]1C[C@]2(C)[C@H]3CC=C4[C@@H]5CC(C)(C)CC[C@]5(C(=O)O)CC[C@@]4(C)[C@]3(C)CC[C@H]2C(C)(C)C1=O. The van der Waals surface area contributed by atoms with Gasteiger partial charge in [0.1, 0.15) is 5.78 Å². The van der Waals surface area contributed by atoms with Gasteiger partial charge >= 0.3 is 5.97 Å². The molecule has 34 heavy (non-hydrogen) atoms. The number of hydrogen-bond donors (Lipinski definition) is 1. The summed E-state index contributed by atoms with van der Waals surface area (Å²) >= 11 is 0. The molecule has 5 aliphatic carbocycles. The molecule has 0 aliphatic heterocycles. The van der Waals surface area contributed by atoms with E-state index >= 15 is 0 Å². The molecule has 190 valence electrons. The molecule has 0 spiro atoms. The molecule has 0 saturated heterocycles. The van der Waals surface area contributed by atoms with Crippen LogP contribution in [0.4, 0.5) is 0 Å². The second-order valence-corrected chi connectivity index (χ2v) is 15.4. The molecule has 5 aliphatic rings. The van der Waals surface area contributed by atoms with Gasteiger partial charge in [-0.25, -0.2) is 0 Å². The molecule has 0 unspecified atom stereocenters. The maximum absolute atomic E-state index is 13.2. The Kier molecular flexibility index (Phi) is 5.06. The Morgan fingerprint density at radius 2 is 1.56 bits per heavy atom. The molecular formula is C31H48O3. The van der Waals surface area contributed by atoms with Crippen LogP contribution in [0.15, 0.2) is 11.6 Å². The van der Waals surface area contributed by atoms with Crippen LogP contribution in [0.5, 0.6) is 0 Å². The largest absolute Gasteiger partial charge is 0.481 e. The second kappa shape index (κ2) is 7.00. The molecule has 0 aromatic carbocycles. The van der Waals surface area contributed by atoms with Crippen LogP contribution in [-0.2, 0) is 9.59 Å². The van der Waals surface area contributed by atoms with Crippen molar-refractivity contribution in [2.75, 3.05) is 0 Å². The molecule has 8 atom stereocenters. The summed E-state index contributed by atoms with van der Waals surface area (Å²) in [5.74, 6) is 1.19. The van der Waals surface area contributed by atoms with Crippen molar-refractivity contribution in [3.05, 3.63) is 11.6 Å². The summed E-state index contributed by atoms with van der Waals surface area (Å²) in [6.07, 6.45) is 11.5.